The van der Waals surface area contributed by atoms with Crippen molar-refractivity contribution < 1.29 is 0 Å². The number of aryl methyl sites for hydroxylation is 2. The van der Waals surface area contributed by atoms with Gasteiger partial charge in [-0.3, -0.25) is 0 Å². The van der Waals surface area contributed by atoms with Crippen molar-refractivity contribution in [2.45, 2.75) is 83.0 Å². The van der Waals surface area contributed by atoms with Gasteiger partial charge in [0.15, 0.2) is 4.77 Å². The fourth-order valence-electron chi connectivity index (χ4n) is 6.38. The predicted molar refractivity (Wildman–Crippen MR) is 188 cm³/mol. The average Bonchev–Trinajstić information content (AvgIpc) is 3.21. The smallest absolute Gasteiger partial charge is 0.200 e. The van der Waals surface area contributed by atoms with Gasteiger partial charge in [-0.15, -0.1) is 0 Å². The Labute approximate surface area is 276 Å². The van der Waals surface area contributed by atoms with Gasteiger partial charge in [-0.05, 0) is 130 Å². The van der Waals surface area contributed by atoms with Crippen LogP contribution in [-0.2, 0) is 18.3 Å². The minimum Gasteiger partial charge on any atom is -0.321 e. The van der Waals surface area contributed by atoms with Gasteiger partial charge in [0, 0.05) is 19.9 Å². The van der Waals surface area contributed by atoms with Crippen molar-refractivity contribution in [1.82, 2.24) is 15.0 Å². The largest absolute Gasteiger partial charge is 0.321 e. The van der Waals surface area contributed by atoms with E-state index < -0.39 is 0 Å². The summed E-state index contributed by atoms with van der Waals surface area (Å²) in [5.74, 6) is 0.878. The van der Waals surface area contributed by atoms with Crippen molar-refractivity contribution >= 4 is 63.0 Å². The monoisotopic (exact) mass is 757 g/mol. The number of halogens is 2. The molecule has 1 atom stereocenters. The van der Waals surface area contributed by atoms with Crippen LogP contribution in [0.25, 0.3) is 11.1 Å². The van der Waals surface area contributed by atoms with Gasteiger partial charge in [0.25, 0.3) is 0 Å². The number of nitrogens with zero attached hydrogens (tertiary/aromatic N) is 1. The second kappa shape index (κ2) is 14.2. The van der Waals surface area contributed by atoms with Crippen molar-refractivity contribution in [2.75, 3.05) is 0 Å². The van der Waals surface area contributed by atoms with E-state index in [9.17, 15) is 0 Å². The van der Waals surface area contributed by atoms with Crippen LogP contribution in [0.2, 0.25) is 0 Å². The van der Waals surface area contributed by atoms with Gasteiger partial charge >= 0.3 is 0 Å². The van der Waals surface area contributed by atoms with Crippen molar-refractivity contribution in [1.29, 1.82) is 0 Å². The van der Waals surface area contributed by atoms with Crippen LogP contribution in [0.5, 0.6) is 0 Å². The van der Waals surface area contributed by atoms with Crippen LogP contribution in [0.15, 0.2) is 65.1 Å². The third-order valence-corrected chi connectivity index (χ3v) is 9.93. The maximum absolute atomic E-state index is 5.23. The van der Waals surface area contributed by atoms with Crippen molar-refractivity contribution in [3.05, 3.63) is 106 Å². The Kier molecular flexibility index (Phi) is 10.7. The van der Waals surface area contributed by atoms with Crippen LogP contribution in [0.3, 0.4) is 0 Å². The lowest BCUT2D eigenvalue weighted by Crippen LogP contribution is -2.27. The van der Waals surface area contributed by atoms with E-state index in [1.54, 1.807) is 0 Å². The molecule has 4 aromatic rings. The second-order valence-corrected chi connectivity index (χ2v) is 14.1. The third kappa shape index (κ3) is 7.11. The molecule has 1 heterocycles. The van der Waals surface area contributed by atoms with E-state index in [2.05, 4.69) is 121 Å². The molecule has 3 aromatic carbocycles. The molecule has 0 aliphatic heterocycles. The first kappa shape index (κ1) is 30.8. The summed E-state index contributed by atoms with van der Waals surface area (Å²) in [6.07, 6.45) is 12.8. The van der Waals surface area contributed by atoms with E-state index >= 15 is 0 Å². The zero-order chi connectivity index (χ0) is 28.8. The van der Waals surface area contributed by atoms with E-state index in [1.807, 2.05) is 0 Å². The summed E-state index contributed by atoms with van der Waals surface area (Å²) in [5, 5.41) is 0. The summed E-state index contributed by atoms with van der Waals surface area (Å²) in [4.78, 5) is 10.4. The van der Waals surface area contributed by atoms with Crippen molar-refractivity contribution in [3.63, 3.8) is 0 Å². The highest BCUT2D eigenvalue weighted by molar-refractivity contribution is 14.1. The average molecular weight is 759 g/mol. The molecule has 0 radical (unpaired) electrons. The lowest BCUT2D eigenvalue weighted by atomic mass is 9.69. The zero-order valence-electron chi connectivity index (χ0n) is 23.6. The van der Waals surface area contributed by atoms with Crippen molar-refractivity contribution in [2.24, 2.45) is 0 Å². The molecule has 0 amide bonds. The number of hydrogen-bond donors (Lipinski definition) is 2. The summed E-state index contributed by atoms with van der Waals surface area (Å²) in [7, 11) is 0. The normalized spacial score (nSPS) is 15.6. The standard InChI is InChI=1S/C34H37BrIN3S2/c1-2-3-4-7-10-23-12-14-24(15-13-23)34(20-9-6-5-8-11-31-37-32(40)39-33(41)38-31)29-21-25(35)16-18-27(29)28-19-17-26(36)22-30(28)34/h12-19,21-22H,2-11,20H2,1H3,(H2,37,38,39,40,41). The van der Waals surface area contributed by atoms with Crippen LogP contribution < -0.4 is 0 Å². The zero-order valence-corrected chi connectivity index (χ0v) is 28.9. The van der Waals surface area contributed by atoms with Gasteiger partial charge in [0.05, 0.1) is 0 Å². The molecule has 1 aromatic heterocycles. The molecule has 0 spiro atoms. The third-order valence-electron chi connectivity index (χ3n) is 8.37. The summed E-state index contributed by atoms with van der Waals surface area (Å²) < 4.78 is 3.43. The predicted octanol–water partition coefficient (Wildman–Crippen LogP) is 11.2. The quantitative estimate of drug-likeness (QED) is 0.0811. The number of nitrogens with one attached hydrogen (secondary N) is 2. The Balaban J connectivity index is 1.40. The maximum atomic E-state index is 5.23. The Bertz CT molecular complexity index is 1530. The molecule has 1 aliphatic carbocycles. The first-order chi connectivity index (χ1) is 19.9. The molecule has 214 valence electrons. The first-order valence-corrected chi connectivity index (χ1v) is 17.5. The van der Waals surface area contributed by atoms with E-state index in [-0.39, 0.29) is 5.41 Å². The molecule has 2 N–H and O–H groups in total. The fraction of sp³-hybridized carbons (Fsp3) is 0.382. The minimum absolute atomic E-state index is 0.157. The molecule has 0 fully saturated rings. The Hall–Kier alpha value is -1.68. The highest BCUT2D eigenvalue weighted by atomic mass is 127. The number of hydrogen-bond acceptors (Lipinski definition) is 3. The molecule has 0 bridgehead atoms. The van der Waals surface area contributed by atoms with E-state index in [4.69, 9.17) is 24.4 Å². The Morgan fingerprint density at radius 1 is 0.780 bits per heavy atom. The number of aromatic nitrogens is 3. The number of fused-ring (bicyclic) bond motifs is 3. The van der Waals surface area contributed by atoms with E-state index in [1.165, 1.54) is 69.1 Å². The van der Waals surface area contributed by atoms with Crippen LogP contribution >= 0.6 is 63.0 Å². The highest BCUT2D eigenvalue weighted by Crippen LogP contribution is 2.56. The fourth-order valence-corrected chi connectivity index (χ4v) is 7.73. The van der Waals surface area contributed by atoms with Gasteiger partial charge in [-0.1, -0.05) is 97.8 Å². The SMILES string of the molecule is CCCCCCc1ccc(C2(CCCCCCc3nc(=S)[nH]c(=S)[nH]3)c3cc(Br)ccc3-c3ccc(I)cc32)cc1. The summed E-state index contributed by atoms with van der Waals surface area (Å²) >= 11 is 16.7. The molecule has 5 rings (SSSR count). The molecule has 7 heteroatoms. The molecule has 0 saturated heterocycles. The Morgan fingerprint density at radius 2 is 1.46 bits per heavy atom. The maximum Gasteiger partial charge on any atom is 0.200 e. The van der Waals surface area contributed by atoms with E-state index in [0.29, 0.717) is 9.54 Å². The first-order valence-electron chi connectivity index (χ1n) is 14.8. The second-order valence-electron chi connectivity index (χ2n) is 11.1. The molecular formula is C34H37BrIN3S2. The summed E-state index contributed by atoms with van der Waals surface area (Å²) in [6, 6.07) is 23.5. The topological polar surface area (TPSA) is 44.5 Å². The van der Waals surface area contributed by atoms with Crippen LogP contribution in [-0.4, -0.2) is 15.0 Å². The lowest BCUT2D eigenvalue weighted by Gasteiger charge is -2.34. The van der Waals surface area contributed by atoms with Crippen LogP contribution in [0, 0.1) is 13.1 Å². The van der Waals surface area contributed by atoms with Crippen molar-refractivity contribution in [3.8, 4) is 11.1 Å². The number of benzene rings is 3. The molecule has 41 heavy (non-hydrogen) atoms. The lowest BCUT2D eigenvalue weighted by molar-refractivity contribution is 0.509. The van der Waals surface area contributed by atoms with E-state index in [0.717, 1.165) is 48.8 Å². The van der Waals surface area contributed by atoms with Gasteiger partial charge in [0.2, 0.25) is 4.77 Å². The molecule has 0 saturated carbocycles. The molecule has 1 unspecified atom stereocenters. The van der Waals surface area contributed by atoms with Gasteiger partial charge < -0.3 is 9.97 Å². The number of rotatable bonds is 13. The van der Waals surface area contributed by atoms with Gasteiger partial charge in [-0.2, -0.15) is 0 Å². The minimum atomic E-state index is -0.157. The number of unbranched alkanes of at least 4 members (excludes halogenated alkanes) is 6. The molecular weight excluding hydrogens is 721 g/mol. The van der Waals surface area contributed by atoms with Gasteiger partial charge in [-0.25, -0.2) is 4.98 Å². The summed E-state index contributed by atoms with van der Waals surface area (Å²) in [6.45, 7) is 2.27. The number of aromatic amines is 2. The molecule has 3 nitrogen and oxygen atoms in total. The van der Waals surface area contributed by atoms with Gasteiger partial charge in [0.1, 0.15) is 5.82 Å². The molecule has 1 aliphatic rings. The highest BCUT2D eigenvalue weighted by Gasteiger charge is 2.44. The van der Waals surface area contributed by atoms with Crippen LogP contribution in [0.1, 0.15) is 92.8 Å². The number of H-pyrrole nitrogens is 2. The Morgan fingerprint density at radius 3 is 2.22 bits per heavy atom. The van der Waals surface area contributed by atoms with Crippen LogP contribution in [0.4, 0.5) is 0 Å². The summed E-state index contributed by atoms with van der Waals surface area (Å²) in [5.41, 5.74) is 8.31.